The number of rotatable bonds is 6. The highest BCUT2D eigenvalue weighted by Crippen LogP contribution is 2.25. The summed E-state index contributed by atoms with van der Waals surface area (Å²) in [5.74, 6) is 2.00. The molecule has 0 atom stereocenters. The molecule has 0 aliphatic rings. The molecule has 7 heteroatoms. The second kappa shape index (κ2) is 6.14. The number of nitrogens with zero attached hydrogens (tertiary/aromatic N) is 4. The highest BCUT2D eigenvalue weighted by atomic mass is 16.5. The van der Waals surface area contributed by atoms with Crippen LogP contribution >= 0.6 is 0 Å². The van der Waals surface area contributed by atoms with E-state index in [9.17, 15) is 0 Å². The minimum Gasteiger partial charge on any atom is -0.497 e. The van der Waals surface area contributed by atoms with E-state index in [-0.39, 0.29) is 6.61 Å². The first-order chi connectivity index (χ1) is 9.22. The Labute approximate surface area is 111 Å². The van der Waals surface area contributed by atoms with Crippen molar-refractivity contribution < 1.29 is 9.47 Å². The molecular weight excluding hydrogens is 246 g/mol. The Bertz CT molecular complexity index is 541. The lowest BCUT2D eigenvalue weighted by atomic mass is 10.1. The number of hydrogen-bond acceptors (Lipinski definition) is 6. The van der Waals surface area contributed by atoms with Gasteiger partial charge in [-0.05, 0) is 29.8 Å². The van der Waals surface area contributed by atoms with Crippen LogP contribution in [0, 0.1) is 0 Å². The molecule has 0 radical (unpaired) electrons. The fourth-order valence-electron chi connectivity index (χ4n) is 1.68. The van der Waals surface area contributed by atoms with E-state index in [1.807, 2.05) is 18.2 Å². The Morgan fingerprint density at radius 1 is 1.37 bits per heavy atom. The lowest BCUT2D eigenvalue weighted by Gasteiger charge is -2.11. The molecule has 7 nitrogen and oxygen atoms in total. The summed E-state index contributed by atoms with van der Waals surface area (Å²) in [4.78, 5) is 1.39. The molecule has 1 aromatic heterocycles. The highest BCUT2D eigenvalue weighted by Gasteiger charge is 2.08. The normalized spacial score (nSPS) is 10.5. The maximum atomic E-state index is 5.72. The molecule has 0 amide bonds. The van der Waals surface area contributed by atoms with Gasteiger partial charge in [-0.2, -0.15) is 4.80 Å². The first-order valence-electron chi connectivity index (χ1n) is 5.95. The van der Waals surface area contributed by atoms with Gasteiger partial charge >= 0.3 is 0 Å². The summed E-state index contributed by atoms with van der Waals surface area (Å²) in [6.45, 7) is 0.824. The molecule has 0 aliphatic carbocycles. The van der Waals surface area contributed by atoms with Crippen molar-refractivity contribution in [2.45, 2.75) is 13.0 Å². The quantitative estimate of drug-likeness (QED) is 0.806. The second-order valence-corrected chi connectivity index (χ2v) is 4.00. The van der Waals surface area contributed by atoms with Crippen molar-refractivity contribution in [3.8, 4) is 11.5 Å². The monoisotopic (exact) mass is 263 g/mol. The third-order valence-electron chi connectivity index (χ3n) is 2.59. The van der Waals surface area contributed by atoms with Crippen LogP contribution in [0.2, 0.25) is 0 Å². The standard InChI is InChI=1S/C12H17N5O2/c1-17-15-12(14-16-17)8-19-11-7-10(18-2)4-3-9(11)5-6-13/h3-4,7H,5-6,8,13H2,1-2H3. The molecule has 1 heterocycles. The van der Waals surface area contributed by atoms with Crippen molar-refractivity contribution >= 4 is 0 Å². The number of hydrogen-bond donors (Lipinski definition) is 1. The number of nitrogens with two attached hydrogens (primary N) is 1. The Hall–Kier alpha value is -2.15. The zero-order chi connectivity index (χ0) is 13.7. The minimum atomic E-state index is 0.262. The molecule has 102 valence electrons. The van der Waals surface area contributed by atoms with Crippen LogP contribution in [0.5, 0.6) is 11.5 Å². The lowest BCUT2D eigenvalue weighted by molar-refractivity contribution is 0.290. The first kappa shape index (κ1) is 13.3. The summed E-state index contributed by atoms with van der Waals surface area (Å²) in [6.07, 6.45) is 0.743. The van der Waals surface area contributed by atoms with Gasteiger partial charge in [0.15, 0.2) is 6.61 Å². The van der Waals surface area contributed by atoms with Crippen LogP contribution in [-0.2, 0) is 20.1 Å². The topological polar surface area (TPSA) is 88.1 Å². The van der Waals surface area contributed by atoms with Gasteiger partial charge in [0.25, 0.3) is 0 Å². The van der Waals surface area contributed by atoms with E-state index in [0.717, 1.165) is 23.5 Å². The van der Waals surface area contributed by atoms with Crippen LogP contribution < -0.4 is 15.2 Å². The Morgan fingerprint density at radius 3 is 2.84 bits per heavy atom. The largest absolute Gasteiger partial charge is 0.497 e. The summed E-state index contributed by atoms with van der Waals surface area (Å²) >= 11 is 0. The molecule has 19 heavy (non-hydrogen) atoms. The van der Waals surface area contributed by atoms with Gasteiger partial charge in [-0.15, -0.1) is 10.2 Å². The molecule has 2 N–H and O–H groups in total. The van der Waals surface area contributed by atoms with Gasteiger partial charge < -0.3 is 15.2 Å². The van der Waals surface area contributed by atoms with Gasteiger partial charge in [0.2, 0.25) is 5.82 Å². The zero-order valence-corrected chi connectivity index (χ0v) is 11.0. The molecule has 0 unspecified atom stereocenters. The van der Waals surface area contributed by atoms with E-state index in [0.29, 0.717) is 12.4 Å². The maximum absolute atomic E-state index is 5.72. The number of aryl methyl sites for hydroxylation is 1. The SMILES string of the molecule is COc1ccc(CCN)c(OCc2nnn(C)n2)c1. The predicted molar refractivity (Wildman–Crippen MR) is 68.9 cm³/mol. The minimum absolute atomic E-state index is 0.262. The van der Waals surface area contributed by atoms with E-state index in [1.54, 1.807) is 14.2 Å². The average molecular weight is 263 g/mol. The number of tetrazole rings is 1. The van der Waals surface area contributed by atoms with E-state index in [1.165, 1.54) is 4.80 Å². The average Bonchev–Trinajstić information content (AvgIpc) is 2.83. The van der Waals surface area contributed by atoms with Crippen molar-refractivity contribution in [2.24, 2.45) is 12.8 Å². The van der Waals surface area contributed by atoms with Crippen molar-refractivity contribution in [3.63, 3.8) is 0 Å². The molecule has 1 aromatic carbocycles. The fourth-order valence-corrected chi connectivity index (χ4v) is 1.68. The van der Waals surface area contributed by atoms with Gasteiger partial charge in [-0.1, -0.05) is 6.07 Å². The van der Waals surface area contributed by atoms with Crippen LogP contribution in [0.15, 0.2) is 18.2 Å². The van der Waals surface area contributed by atoms with E-state index in [4.69, 9.17) is 15.2 Å². The van der Waals surface area contributed by atoms with E-state index in [2.05, 4.69) is 15.4 Å². The van der Waals surface area contributed by atoms with Gasteiger partial charge in [-0.3, -0.25) is 0 Å². The van der Waals surface area contributed by atoms with E-state index < -0.39 is 0 Å². The van der Waals surface area contributed by atoms with Crippen LogP contribution in [0.3, 0.4) is 0 Å². The number of ether oxygens (including phenoxy) is 2. The summed E-state index contributed by atoms with van der Waals surface area (Å²) < 4.78 is 10.9. The van der Waals surface area contributed by atoms with Crippen molar-refractivity contribution in [2.75, 3.05) is 13.7 Å². The Kier molecular flexibility index (Phi) is 4.30. The highest BCUT2D eigenvalue weighted by molar-refractivity contribution is 5.41. The molecule has 2 rings (SSSR count). The molecule has 0 saturated carbocycles. The van der Waals surface area contributed by atoms with Crippen molar-refractivity contribution in [1.29, 1.82) is 0 Å². The number of aromatic nitrogens is 4. The third-order valence-corrected chi connectivity index (χ3v) is 2.59. The predicted octanol–water partition coefficient (Wildman–Crippen LogP) is 0.299. The summed E-state index contributed by atoms with van der Waals surface area (Å²) in [7, 11) is 3.33. The Balaban J connectivity index is 2.12. The molecule has 0 fully saturated rings. The van der Waals surface area contributed by atoms with Crippen molar-refractivity contribution in [3.05, 3.63) is 29.6 Å². The molecule has 2 aromatic rings. The smallest absolute Gasteiger partial charge is 0.212 e. The van der Waals surface area contributed by atoms with Crippen molar-refractivity contribution in [1.82, 2.24) is 20.2 Å². The Morgan fingerprint density at radius 2 is 2.21 bits per heavy atom. The lowest BCUT2D eigenvalue weighted by Crippen LogP contribution is -2.06. The second-order valence-electron chi connectivity index (χ2n) is 4.00. The molecule has 0 bridgehead atoms. The first-order valence-corrected chi connectivity index (χ1v) is 5.95. The van der Waals surface area contributed by atoms with Crippen LogP contribution in [-0.4, -0.2) is 33.9 Å². The van der Waals surface area contributed by atoms with Gasteiger partial charge in [0.1, 0.15) is 11.5 Å². The van der Waals surface area contributed by atoms with Crippen LogP contribution in [0.25, 0.3) is 0 Å². The molecule has 0 saturated heterocycles. The summed E-state index contributed by atoms with van der Waals surface area (Å²) in [5, 5.41) is 11.7. The number of methoxy groups -OCH3 is 1. The van der Waals surface area contributed by atoms with Crippen LogP contribution in [0.4, 0.5) is 0 Å². The fraction of sp³-hybridized carbons (Fsp3) is 0.417. The van der Waals surface area contributed by atoms with E-state index >= 15 is 0 Å². The third kappa shape index (κ3) is 3.41. The van der Waals surface area contributed by atoms with Crippen LogP contribution in [0.1, 0.15) is 11.4 Å². The van der Waals surface area contributed by atoms with Gasteiger partial charge in [0, 0.05) is 6.07 Å². The molecule has 0 spiro atoms. The summed E-state index contributed by atoms with van der Waals surface area (Å²) in [5.41, 5.74) is 6.62. The van der Waals surface area contributed by atoms with Gasteiger partial charge in [-0.25, -0.2) is 0 Å². The summed E-state index contributed by atoms with van der Waals surface area (Å²) in [6, 6.07) is 5.67. The van der Waals surface area contributed by atoms with Gasteiger partial charge in [0.05, 0.1) is 14.2 Å². The molecule has 0 aliphatic heterocycles. The molecular formula is C12H17N5O2. The maximum Gasteiger partial charge on any atom is 0.212 e. The zero-order valence-electron chi connectivity index (χ0n) is 11.0. The number of benzene rings is 1.